The number of aromatic amines is 1. The van der Waals surface area contributed by atoms with Crippen LogP contribution in [-0.4, -0.2) is 54.2 Å². The number of carboxylic acids is 1. The monoisotopic (exact) mass is 458 g/mol. The lowest BCUT2D eigenvalue weighted by Gasteiger charge is -2.27. The molecule has 0 bridgehead atoms. The van der Waals surface area contributed by atoms with Crippen LogP contribution in [0.25, 0.3) is 10.9 Å². The number of H-pyrrole nitrogens is 1. The van der Waals surface area contributed by atoms with Gasteiger partial charge in [-0.2, -0.15) is 0 Å². The number of aromatic nitrogens is 1. The molecule has 1 aromatic heterocycles. The van der Waals surface area contributed by atoms with Crippen LogP contribution >= 0.6 is 0 Å². The van der Waals surface area contributed by atoms with Crippen LogP contribution in [0.5, 0.6) is 5.75 Å². The molecule has 0 aliphatic carbocycles. The highest BCUT2D eigenvalue weighted by molar-refractivity contribution is 5.88. The third-order valence-corrected chi connectivity index (χ3v) is 5.38. The number of hydrogen-bond acceptors (Lipinski definition) is 4. The number of fused-ring (bicyclic) bond motifs is 1. The van der Waals surface area contributed by atoms with E-state index >= 15 is 0 Å². The Morgan fingerprint density at radius 1 is 1.24 bits per heavy atom. The summed E-state index contributed by atoms with van der Waals surface area (Å²) in [5.74, 6) is 0.660. The van der Waals surface area contributed by atoms with E-state index in [1.807, 2.05) is 18.3 Å². The Morgan fingerprint density at radius 3 is 2.58 bits per heavy atom. The molecule has 0 saturated carbocycles. The molecular formula is C25H28F2N2O4. The third kappa shape index (κ3) is 6.55. The average Bonchev–Trinajstić information content (AvgIpc) is 3.32. The zero-order chi connectivity index (χ0) is 23.8. The van der Waals surface area contributed by atoms with Gasteiger partial charge in [0.2, 0.25) is 0 Å². The van der Waals surface area contributed by atoms with Gasteiger partial charge in [0.1, 0.15) is 12.4 Å². The van der Waals surface area contributed by atoms with E-state index in [9.17, 15) is 13.6 Å². The standard InChI is InChI=1S/C18H22F2N2O2.C7H6O2/c1-12-9-16(23-2)15(14-3-6-21-18(12)14)10-22-7-4-13(5-8-22)24-11-17(19)20;8-7(9)6-4-2-1-3-5-6/h3-4,6,9,17,21H,5,7-8,10-11H2,1-2H3;1-5H,(H,8,9). The molecule has 8 heteroatoms. The summed E-state index contributed by atoms with van der Waals surface area (Å²) in [6.07, 6.45) is 2.05. The molecule has 0 amide bonds. The van der Waals surface area contributed by atoms with E-state index in [0.29, 0.717) is 24.3 Å². The number of halogens is 2. The molecule has 2 aromatic carbocycles. The molecule has 2 heterocycles. The predicted molar refractivity (Wildman–Crippen MR) is 123 cm³/mol. The van der Waals surface area contributed by atoms with Gasteiger partial charge in [0.15, 0.2) is 0 Å². The van der Waals surface area contributed by atoms with Crippen molar-refractivity contribution < 1.29 is 28.2 Å². The Labute approximate surface area is 191 Å². The van der Waals surface area contributed by atoms with Crippen molar-refractivity contribution in [3.05, 3.63) is 77.2 Å². The number of hydrogen-bond donors (Lipinski definition) is 2. The molecule has 0 radical (unpaired) electrons. The molecule has 4 rings (SSSR count). The second-order valence-corrected chi connectivity index (χ2v) is 7.67. The number of nitrogens with zero attached hydrogens (tertiary/aromatic N) is 1. The van der Waals surface area contributed by atoms with Gasteiger partial charge in [-0.05, 0) is 42.8 Å². The molecule has 3 aromatic rings. The summed E-state index contributed by atoms with van der Waals surface area (Å²) in [6, 6.07) is 12.4. The maximum atomic E-state index is 12.2. The van der Waals surface area contributed by atoms with Gasteiger partial charge >= 0.3 is 5.97 Å². The summed E-state index contributed by atoms with van der Waals surface area (Å²) in [5.41, 5.74) is 3.75. The topological polar surface area (TPSA) is 74.8 Å². The molecule has 2 N–H and O–H groups in total. The summed E-state index contributed by atoms with van der Waals surface area (Å²) in [6.45, 7) is 3.74. The van der Waals surface area contributed by atoms with Crippen molar-refractivity contribution in [2.75, 3.05) is 26.8 Å². The number of benzene rings is 2. The van der Waals surface area contributed by atoms with E-state index in [-0.39, 0.29) is 0 Å². The Kier molecular flexibility index (Phi) is 8.43. The van der Waals surface area contributed by atoms with Crippen LogP contribution in [0.15, 0.2) is 60.5 Å². The average molecular weight is 459 g/mol. The third-order valence-electron chi connectivity index (χ3n) is 5.38. The Balaban J connectivity index is 0.000000286. The van der Waals surface area contributed by atoms with Gasteiger partial charge in [0.05, 0.1) is 18.4 Å². The Hall–Kier alpha value is -3.39. The van der Waals surface area contributed by atoms with Crippen molar-refractivity contribution in [2.24, 2.45) is 0 Å². The first-order valence-corrected chi connectivity index (χ1v) is 10.6. The lowest BCUT2D eigenvalue weighted by Crippen LogP contribution is -2.29. The predicted octanol–water partition coefficient (Wildman–Crippen LogP) is 5.24. The van der Waals surface area contributed by atoms with Crippen LogP contribution in [0, 0.1) is 6.92 Å². The molecule has 6 nitrogen and oxygen atoms in total. The second-order valence-electron chi connectivity index (χ2n) is 7.67. The summed E-state index contributed by atoms with van der Waals surface area (Å²) in [4.78, 5) is 15.7. The van der Waals surface area contributed by atoms with Gasteiger partial charge < -0.3 is 19.6 Å². The number of ether oxygens (including phenoxy) is 2. The van der Waals surface area contributed by atoms with E-state index < -0.39 is 19.0 Å². The normalized spacial score (nSPS) is 13.9. The highest BCUT2D eigenvalue weighted by Crippen LogP contribution is 2.32. The van der Waals surface area contributed by atoms with Gasteiger partial charge in [-0.15, -0.1) is 0 Å². The molecule has 1 aliphatic rings. The smallest absolute Gasteiger partial charge is 0.335 e. The first-order chi connectivity index (χ1) is 15.9. The molecule has 0 fully saturated rings. The highest BCUT2D eigenvalue weighted by Gasteiger charge is 2.18. The van der Waals surface area contributed by atoms with E-state index in [0.717, 1.165) is 40.9 Å². The van der Waals surface area contributed by atoms with Crippen LogP contribution in [0.4, 0.5) is 8.78 Å². The zero-order valence-corrected chi connectivity index (χ0v) is 18.7. The van der Waals surface area contributed by atoms with E-state index in [4.69, 9.17) is 14.6 Å². The first kappa shape index (κ1) is 24.3. The minimum atomic E-state index is -2.43. The van der Waals surface area contributed by atoms with Crippen molar-refractivity contribution in [3.8, 4) is 5.75 Å². The molecule has 0 spiro atoms. The van der Waals surface area contributed by atoms with Crippen molar-refractivity contribution in [1.29, 1.82) is 0 Å². The number of carbonyl (C=O) groups is 1. The summed E-state index contributed by atoms with van der Waals surface area (Å²) in [5, 5.41) is 9.55. The van der Waals surface area contributed by atoms with E-state index in [1.165, 1.54) is 0 Å². The molecular weight excluding hydrogens is 430 g/mol. The lowest BCUT2D eigenvalue weighted by molar-refractivity contribution is 0.0417. The quantitative estimate of drug-likeness (QED) is 0.506. The number of aryl methyl sites for hydroxylation is 1. The van der Waals surface area contributed by atoms with Crippen LogP contribution in [0.1, 0.15) is 27.9 Å². The Morgan fingerprint density at radius 2 is 2.00 bits per heavy atom. The van der Waals surface area contributed by atoms with Crippen LogP contribution in [0.3, 0.4) is 0 Å². The van der Waals surface area contributed by atoms with Gasteiger partial charge in [-0.25, -0.2) is 13.6 Å². The number of nitrogens with one attached hydrogen (secondary N) is 1. The lowest BCUT2D eigenvalue weighted by atomic mass is 10.0. The van der Waals surface area contributed by atoms with E-state index in [2.05, 4.69) is 22.9 Å². The van der Waals surface area contributed by atoms with Crippen molar-refractivity contribution in [3.63, 3.8) is 0 Å². The maximum Gasteiger partial charge on any atom is 0.335 e. The molecule has 0 saturated heterocycles. The molecule has 0 atom stereocenters. The van der Waals surface area contributed by atoms with Crippen LogP contribution in [-0.2, 0) is 11.3 Å². The van der Waals surface area contributed by atoms with Crippen LogP contribution < -0.4 is 4.74 Å². The van der Waals surface area contributed by atoms with Crippen molar-refractivity contribution in [1.82, 2.24) is 9.88 Å². The minimum Gasteiger partial charge on any atom is -0.496 e. The SMILES string of the molecule is COc1cc(C)c2[nH]ccc2c1CN1CC=C(OCC(F)F)CC1.O=C(O)c1ccccc1. The summed E-state index contributed by atoms with van der Waals surface area (Å²) >= 11 is 0. The summed E-state index contributed by atoms with van der Waals surface area (Å²) < 4.78 is 35.1. The van der Waals surface area contributed by atoms with Gasteiger partial charge in [-0.3, -0.25) is 4.90 Å². The molecule has 33 heavy (non-hydrogen) atoms. The second kappa shape index (κ2) is 11.5. The number of aromatic carboxylic acids is 1. The van der Waals surface area contributed by atoms with Crippen LogP contribution in [0.2, 0.25) is 0 Å². The maximum absolute atomic E-state index is 12.2. The zero-order valence-electron chi connectivity index (χ0n) is 18.7. The Bertz CT molecular complexity index is 1100. The van der Waals surface area contributed by atoms with Crippen molar-refractivity contribution >= 4 is 16.9 Å². The fraction of sp³-hybridized carbons (Fsp3) is 0.320. The van der Waals surface area contributed by atoms with Gasteiger partial charge in [-0.1, -0.05) is 18.2 Å². The number of alkyl halides is 2. The number of rotatable bonds is 7. The fourth-order valence-corrected chi connectivity index (χ4v) is 3.72. The van der Waals surface area contributed by atoms with Crippen molar-refractivity contribution in [2.45, 2.75) is 26.3 Å². The minimum absolute atomic E-state index is 0.331. The molecule has 1 aliphatic heterocycles. The van der Waals surface area contributed by atoms with E-state index in [1.54, 1.807) is 37.4 Å². The molecule has 0 unspecified atom stereocenters. The highest BCUT2D eigenvalue weighted by atomic mass is 19.3. The largest absolute Gasteiger partial charge is 0.496 e. The van der Waals surface area contributed by atoms with Gasteiger partial charge in [0, 0.05) is 48.7 Å². The number of methoxy groups -OCH3 is 1. The summed E-state index contributed by atoms with van der Waals surface area (Å²) in [7, 11) is 1.68. The molecule has 176 valence electrons. The van der Waals surface area contributed by atoms with Gasteiger partial charge in [0.25, 0.3) is 6.43 Å². The number of carboxylic acid groups (broad SMARTS) is 1. The first-order valence-electron chi connectivity index (χ1n) is 10.6. The fourth-order valence-electron chi connectivity index (χ4n) is 3.72.